The molecule has 156 valence electrons. The topological polar surface area (TPSA) is 64.7 Å². The van der Waals surface area contributed by atoms with Crippen LogP contribution < -0.4 is 5.32 Å². The molecule has 5 rings (SSSR count). The zero-order valence-corrected chi connectivity index (χ0v) is 17.5. The van der Waals surface area contributed by atoms with Crippen molar-refractivity contribution in [3.63, 3.8) is 0 Å². The van der Waals surface area contributed by atoms with Gasteiger partial charge in [0.25, 0.3) is 5.91 Å². The Hall–Kier alpha value is -3.67. The van der Waals surface area contributed by atoms with Crippen molar-refractivity contribution in [3.8, 4) is 5.69 Å². The molecule has 2 aromatic heterocycles. The highest BCUT2D eigenvalue weighted by atomic mass is 16.2. The Labute approximate surface area is 181 Å². The van der Waals surface area contributed by atoms with Crippen molar-refractivity contribution in [1.82, 2.24) is 24.9 Å². The predicted octanol–water partition coefficient (Wildman–Crippen LogP) is 4.23. The maximum atomic E-state index is 13.0. The molecule has 1 atom stereocenters. The van der Waals surface area contributed by atoms with Crippen LogP contribution in [0.5, 0.6) is 0 Å². The van der Waals surface area contributed by atoms with Gasteiger partial charge in [-0.15, -0.1) is 0 Å². The number of aromatic nitrogens is 4. The van der Waals surface area contributed by atoms with Gasteiger partial charge in [-0.05, 0) is 49.9 Å². The van der Waals surface area contributed by atoms with E-state index in [1.807, 2.05) is 67.7 Å². The van der Waals surface area contributed by atoms with E-state index in [2.05, 4.69) is 32.3 Å². The molecule has 6 heteroatoms. The molecule has 2 aromatic carbocycles. The summed E-state index contributed by atoms with van der Waals surface area (Å²) in [6.07, 6.45) is 4.83. The van der Waals surface area contributed by atoms with Crippen LogP contribution >= 0.6 is 0 Å². The summed E-state index contributed by atoms with van der Waals surface area (Å²) in [6.45, 7) is 2.71. The number of nitrogens with zero attached hydrogens (tertiary/aromatic N) is 4. The number of amides is 1. The van der Waals surface area contributed by atoms with Crippen molar-refractivity contribution in [3.05, 3.63) is 101 Å². The third kappa shape index (κ3) is 3.89. The number of carbonyl (C=O) groups excluding carboxylic acids is 1. The minimum Gasteiger partial charge on any atom is -0.344 e. The Kier molecular flexibility index (Phi) is 5.12. The molecule has 6 nitrogen and oxygen atoms in total. The maximum Gasteiger partial charge on any atom is 0.272 e. The summed E-state index contributed by atoms with van der Waals surface area (Å²) in [6, 6.07) is 22.0. The van der Waals surface area contributed by atoms with Gasteiger partial charge in [-0.2, -0.15) is 10.2 Å². The van der Waals surface area contributed by atoms with E-state index < -0.39 is 0 Å². The Morgan fingerprint density at radius 1 is 1.10 bits per heavy atom. The van der Waals surface area contributed by atoms with Crippen LogP contribution in [0.3, 0.4) is 0 Å². The number of aryl methyl sites for hydroxylation is 1. The van der Waals surface area contributed by atoms with Crippen LogP contribution in [0, 0.1) is 6.92 Å². The number of para-hydroxylation sites is 1. The molecule has 0 saturated heterocycles. The van der Waals surface area contributed by atoms with Crippen LogP contribution in [0.25, 0.3) is 5.69 Å². The van der Waals surface area contributed by atoms with E-state index >= 15 is 0 Å². The highest BCUT2D eigenvalue weighted by Gasteiger charge is 2.27. The van der Waals surface area contributed by atoms with Crippen molar-refractivity contribution in [1.29, 1.82) is 0 Å². The van der Waals surface area contributed by atoms with Crippen LogP contribution in [-0.2, 0) is 13.0 Å². The van der Waals surface area contributed by atoms with Gasteiger partial charge >= 0.3 is 0 Å². The molecular weight excluding hydrogens is 386 g/mol. The fourth-order valence-corrected chi connectivity index (χ4v) is 4.31. The second-order valence-corrected chi connectivity index (χ2v) is 8.03. The molecule has 1 N–H and O–H groups in total. The minimum absolute atomic E-state index is 0.0389. The molecule has 2 heterocycles. The van der Waals surface area contributed by atoms with Gasteiger partial charge in [0.2, 0.25) is 0 Å². The molecule has 0 spiro atoms. The second-order valence-electron chi connectivity index (χ2n) is 8.03. The zero-order chi connectivity index (χ0) is 21.2. The summed E-state index contributed by atoms with van der Waals surface area (Å²) in [5.41, 5.74) is 5.87. The van der Waals surface area contributed by atoms with E-state index in [1.165, 1.54) is 11.3 Å². The van der Waals surface area contributed by atoms with Crippen LogP contribution in [0.4, 0.5) is 0 Å². The van der Waals surface area contributed by atoms with Crippen molar-refractivity contribution in [2.75, 3.05) is 0 Å². The fraction of sp³-hybridized carbons (Fsp3) is 0.240. The number of hydrogen-bond donors (Lipinski definition) is 1. The maximum absolute atomic E-state index is 13.0. The quantitative estimate of drug-likeness (QED) is 0.534. The normalized spacial score (nSPS) is 15.5. The molecule has 4 aromatic rings. The van der Waals surface area contributed by atoms with Crippen LogP contribution in [-0.4, -0.2) is 25.5 Å². The average molecular weight is 412 g/mol. The first kappa shape index (κ1) is 19.3. The molecule has 0 bridgehead atoms. The summed E-state index contributed by atoms with van der Waals surface area (Å²) < 4.78 is 3.87. The highest BCUT2D eigenvalue weighted by molar-refractivity contribution is 5.92. The first-order chi connectivity index (χ1) is 15.2. The number of carbonyl (C=O) groups is 1. The predicted molar refractivity (Wildman–Crippen MR) is 119 cm³/mol. The first-order valence-corrected chi connectivity index (χ1v) is 10.7. The average Bonchev–Trinajstić information content (AvgIpc) is 3.39. The first-order valence-electron chi connectivity index (χ1n) is 10.7. The Balaban J connectivity index is 1.35. The number of hydrogen-bond acceptors (Lipinski definition) is 3. The summed E-state index contributed by atoms with van der Waals surface area (Å²) >= 11 is 0. The van der Waals surface area contributed by atoms with Gasteiger partial charge in [0.1, 0.15) is 0 Å². The zero-order valence-electron chi connectivity index (χ0n) is 17.5. The van der Waals surface area contributed by atoms with Gasteiger partial charge in [0.15, 0.2) is 5.69 Å². The Morgan fingerprint density at radius 3 is 2.61 bits per heavy atom. The third-order valence-electron chi connectivity index (χ3n) is 5.86. The molecule has 1 amide bonds. The van der Waals surface area contributed by atoms with Crippen molar-refractivity contribution in [2.45, 2.75) is 38.8 Å². The van der Waals surface area contributed by atoms with Crippen LogP contribution in [0.1, 0.15) is 51.9 Å². The molecule has 0 saturated carbocycles. The number of fused-ring (bicyclic) bond motifs is 1. The van der Waals surface area contributed by atoms with E-state index in [4.69, 9.17) is 0 Å². The summed E-state index contributed by atoms with van der Waals surface area (Å²) in [7, 11) is 0. The molecule has 0 aliphatic heterocycles. The second kappa shape index (κ2) is 8.22. The lowest BCUT2D eigenvalue weighted by Gasteiger charge is -2.24. The number of rotatable bonds is 5. The molecule has 1 aliphatic rings. The third-order valence-corrected chi connectivity index (χ3v) is 5.86. The molecular formula is C25H25N5O. The highest BCUT2D eigenvalue weighted by Crippen LogP contribution is 2.30. The Bertz CT molecular complexity index is 1190. The Morgan fingerprint density at radius 2 is 1.84 bits per heavy atom. The molecule has 1 unspecified atom stereocenters. The molecule has 0 radical (unpaired) electrons. The van der Waals surface area contributed by atoms with Crippen molar-refractivity contribution in [2.24, 2.45) is 0 Å². The summed E-state index contributed by atoms with van der Waals surface area (Å²) in [5, 5.41) is 12.4. The fourth-order valence-electron chi connectivity index (χ4n) is 4.31. The van der Waals surface area contributed by atoms with E-state index in [-0.39, 0.29) is 11.9 Å². The lowest BCUT2D eigenvalue weighted by Crippen LogP contribution is -2.31. The van der Waals surface area contributed by atoms with Gasteiger partial charge < -0.3 is 5.32 Å². The number of benzene rings is 2. The van der Waals surface area contributed by atoms with Gasteiger partial charge in [-0.25, -0.2) is 4.68 Å². The standard InChI is InChI=1S/C25H25N5O/c1-18-15-23(28-30(18)20-11-6-3-7-12-20)25(31)27-22-13-8-14-24-21(22)16-26-29(24)17-19-9-4-2-5-10-19/h2-7,9-12,15-16,22H,8,13-14,17H2,1H3,(H,27,31). The molecule has 0 fully saturated rings. The van der Waals surface area contributed by atoms with Crippen LogP contribution in [0.15, 0.2) is 72.9 Å². The summed E-state index contributed by atoms with van der Waals surface area (Å²) in [4.78, 5) is 13.0. The monoisotopic (exact) mass is 411 g/mol. The smallest absolute Gasteiger partial charge is 0.272 e. The van der Waals surface area contributed by atoms with E-state index in [0.29, 0.717) is 5.69 Å². The van der Waals surface area contributed by atoms with Gasteiger partial charge in [0, 0.05) is 17.0 Å². The van der Waals surface area contributed by atoms with E-state index in [0.717, 1.165) is 42.8 Å². The van der Waals surface area contributed by atoms with E-state index in [9.17, 15) is 4.79 Å². The lowest BCUT2D eigenvalue weighted by atomic mass is 9.92. The van der Waals surface area contributed by atoms with Crippen molar-refractivity contribution < 1.29 is 4.79 Å². The van der Waals surface area contributed by atoms with E-state index in [1.54, 1.807) is 4.68 Å². The number of nitrogens with one attached hydrogen (secondary N) is 1. The van der Waals surface area contributed by atoms with Crippen molar-refractivity contribution >= 4 is 5.91 Å². The molecule has 31 heavy (non-hydrogen) atoms. The minimum atomic E-state index is -0.147. The SMILES string of the molecule is Cc1cc(C(=O)NC2CCCc3c2cnn3Cc2ccccc2)nn1-c1ccccc1. The van der Waals surface area contributed by atoms with Gasteiger partial charge in [-0.3, -0.25) is 9.48 Å². The van der Waals surface area contributed by atoms with Gasteiger partial charge in [0.05, 0.1) is 24.5 Å². The van der Waals surface area contributed by atoms with Gasteiger partial charge in [-0.1, -0.05) is 48.5 Å². The lowest BCUT2D eigenvalue weighted by molar-refractivity contribution is 0.0927. The molecule has 1 aliphatic carbocycles. The summed E-state index contributed by atoms with van der Waals surface area (Å²) in [5.74, 6) is -0.147. The van der Waals surface area contributed by atoms with Crippen LogP contribution in [0.2, 0.25) is 0 Å². The largest absolute Gasteiger partial charge is 0.344 e.